The summed E-state index contributed by atoms with van der Waals surface area (Å²) >= 11 is 0. The van der Waals surface area contributed by atoms with Crippen molar-refractivity contribution in [2.24, 2.45) is 11.8 Å². The maximum atomic E-state index is 5.36. The zero-order valence-electron chi connectivity index (χ0n) is 12.0. The van der Waals surface area contributed by atoms with Gasteiger partial charge in [-0.1, -0.05) is 26.7 Å². The van der Waals surface area contributed by atoms with Crippen LogP contribution in [0.3, 0.4) is 0 Å². The van der Waals surface area contributed by atoms with Crippen LogP contribution in [0.4, 0.5) is 0 Å². The number of nitrogens with one attached hydrogen (secondary N) is 1. The smallest absolute Gasteiger partial charge is 0.0477 e. The largest absolute Gasteiger partial charge is 0.382 e. The quantitative estimate of drug-likeness (QED) is 0.656. The van der Waals surface area contributed by atoms with Gasteiger partial charge in [0.1, 0.15) is 0 Å². The second kappa shape index (κ2) is 8.93. The van der Waals surface area contributed by atoms with Gasteiger partial charge in [0, 0.05) is 19.3 Å². The van der Waals surface area contributed by atoms with Crippen molar-refractivity contribution in [1.82, 2.24) is 5.32 Å². The molecule has 2 atom stereocenters. The van der Waals surface area contributed by atoms with E-state index in [9.17, 15) is 0 Å². The van der Waals surface area contributed by atoms with Gasteiger partial charge in [0.25, 0.3) is 0 Å². The van der Waals surface area contributed by atoms with Gasteiger partial charge in [-0.25, -0.2) is 0 Å². The highest BCUT2D eigenvalue weighted by atomic mass is 16.5. The molecule has 0 bridgehead atoms. The molecule has 0 spiro atoms. The Balaban J connectivity index is 2.08. The van der Waals surface area contributed by atoms with Crippen molar-refractivity contribution < 1.29 is 4.74 Å². The normalized spacial score (nSPS) is 25.4. The molecule has 2 unspecified atom stereocenters. The Kier molecular flexibility index (Phi) is 7.87. The highest BCUT2D eigenvalue weighted by Gasteiger charge is 2.21. The molecule has 1 aliphatic carbocycles. The van der Waals surface area contributed by atoms with Crippen LogP contribution in [-0.4, -0.2) is 25.8 Å². The van der Waals surface area contributed by atoms with Crippen molar-refractivity contribution in [2.75, 3.05) is 19.8 Å². The highest BCUT2D eigenvalue weighted by molar-refractivity contribution is 4.78. The Morgan fingerprint density at radius 2 is 2.12 bits per heavy atom. The summed E-state index contributed by atoms with van der Waals surface area (Å²) < 4.78 is 5.36. The fourth-order valence-corrected chi connectivity index (χ4v) is 2.98. The molecule has 102 valence electrons. The Hall–Kier alpha value is -0.0800. The van der Waals surface area contributed by atoms with Crippen LogP contribution in [0.2, 0.25) is 0 Å². The molecule has 1 rings (SSSR count). The lowest BCUT2D eigenvalue weighted by molar-refractivity contribution is 0.142. The summed E-state index contributed by atoms with van der Waals surface area (Å²) in [7, 11) is 0. The summed E-state index contributed by atoms with van der Waals surface area (Å²) in [6, 6.07) is 0.772. The number of hydrogen-bond donors (Lipinski definition) is 1. The van der Waals surface area contributed by atoms with Crippen LogP contribution in [0, 0.1) is 11.8 Å². The summed E-state index contributed by atoms with van der Waals surface area (Å²) in [5, 5.41) is 3.70. The van der Waals surface area contributed by atoms with Gasteiger partial charge in [-0.3, -0.25) is 0 Å². The molecule has 0 amide bonds. The second-order valence-electron chi connectivity index (χ2n) is 5.86. The number of rotatable bonds is 8. The molecular weight excluding hydrogens is 210 g/mol. The van der Waals surface area contributed by atoms with Crippen molar-refractivity contribution in [1.29, 1.82) is 0 Å². The highest BCUT2D eigenvalue weighted by Crippen LogP contribution is 2.29. The number of hydrogen-bond acceptors (Lipinski definition) is 2. The van der Waals surface area contributed by atoms with E-state index in [0.717, 1.165) is 44.1 Å². The number of ether oxygens (including phenoxy) is 1. The minimum atomic E-state index is 0.772. The van der Waals surface area contributed by atoms with Crippen LogP contribution in [0.5, 0.6) is 0 Å². The average Bonchev–Trinajstić information content (AvgIpc) is 2.28. The molecule has 17 heavy (non-hydrogen) atoms. The molecular formula is C15H31NO. The summed E-state index contributed by atoms with van der Waals surface area (Å²) in [6.07, 6.45) is 8.21. The fraction of sp³-hybridized carbons (Fsp3) is 1.00. The Morgan fingerprint density at radius 3 is 2.82 bits per heavy atom. The first-order valence-corrected chi connectivity index (χ1v) is 7.53. The van der Waals surface area contributed by atoms with Crippen molar-refractivity contribution in [3.8, 4) is 0 Å². The van der Waals surface area contributed by atoms with Crippen molar-refractivity contribution in [2.45, 2.75) is 65.3 Å². The van der Waals surface area contributed by atoms with E-state index < -0.39 is 0 Å². The topological polar surface area (TPSA) is 21.3 Å². The summed E-state index contributed by atoms with van der Waals surface area (Å²) in [5.74, 6) is 1.82. The van der Waals surface area contributed by atoms with Crippen molar-refractivity contribution in [3.63, 3.8) is 0 Å². The molecule has 0 saturated heterocycles. The third-order valence-electron chi connectivity index (χ3n) is 3.69. The molecule has 1 saturated carbocycles. The lowest BCUT2D eigenvalue weighted by atomic mass is 9.81. The molecule has 2 heteroatoms. The zero-order chi connectivity index (χ0) is 12.5. The average molecular weight is 241 g/mol. The summed E-state index contributed by atoms with van der Waals surface area (Å²) in [4.78, 5) is 0. The Morgan fingerprint density at radius 1 is 1.29 bits per heavy atom. The Labute approximate surface area is 108 Å². The van der Waals surface area contributed by atoms with Crippen molar-refractivity contribution >= 4 is 0 Å². The summed E-state index contributed by atoms with van der Waals surface area (Å²) in [5.41, 5.74) is 0. The third kappa shape index (κ3) is 7.05. The predicted octanol–water partition coefficient (Wildman–Crippen LogP) is 3.61. The van der Waals surface area contributed by atoms with Gasteiger partial charge < -0.3 is 10.1 Å². The van der Waals surface area contributed by atoms with E-state index >= 15 is 0 Å². The van der Waals surface area contributed by atoms with Gasteiger partial charge in [0.2, 0.25) is 0 Å². The zero-order valence-corrected chi connectivity index (χ0v) is 12.0. The van der Waals surface area contributed by atoms with Crippen LogP contribution < -0.4 is 5.32 Å². The second-order valence-corrected chi connectivity index (χ2v) is 5.86. The van der Waals surface area contributed by atoms with E-state index in [0.29, 0.717) is 0 Å². The minimum Gasteiger partial charge on any atom is -0.382 e. The molecule has 1 aliphatic rings. The van der Waals surface area contributed by atoms with Gasteiger partial charge in [-0.05, 0) is 51.0 Å². The van der Waals surface area contributed by atoms with E-state index in [1.807, 2.05) is 0 Å². The fourth-order valence-electron chi connectivity index (χ4n) is 2.98. The third-order valence-corrected chi connectivity index (χ3v) is 3.69. The van der Waals surface area contributed by atoms with Gasteiger partial charge in [0.15, 0.2) is 0 Å². The molecule has 0 aromatic carbocycles. The van der Waals surface area contributed by atoms with E-state index in [1.165, 1.54) is 32.1 Å². The van der Waals surface area contributed by atoms with Gasteiger partial charge in [-0.15, -0.1) is 0 Å². The molecule has 1 fully saturated rings. The van der Waals surface area contributed by atoms with Crippen LogP contribution in [-0.2, 0) is 4.74 Å². The summed E-state index contributed by atoms with van der Waals surface area (Å²) in [6.45, 7) is 9.63. The lowest BCUT2D eigenvalue weighted by Gasteiger charge is -2.31. The van der Waals surface area contributed by atoms with E-state index in [-0.39, 0.29) is 0 Å². The van der Waals surface area contributed by atoms with Gasteiger partial charge in [0.05, 0.1) is 0 Å². The van der Waals surface area contributed by atoms with E-state index in [4.69, 9.17) is 4.74 Å². The van der Waals surface area contributed by atoms with Crippen LogP contribution in [0.1, 0.15) is 59.3 Å². The van der Waals surface area contributed by atoms with Gasteiger partial charge in [-0.2, -0.15) is 0 Å². The van der Waals surface area contributed by atoms with E-state index in [2.05, 4.69) is 26.1 Å². The monoisotopic (exact) mass is 241 g/mol. The minimum absolute atomic E-state index is 0.772. The van der Waals surface area contributed by atoms with Crippen molar-refractivity contribution in [3.05, 3.63) is 0 Å². The molecule has 0 radical (unpaired) electrons. The molecule has 0 aromatic heterocycles. The maximum absolute atomic E-state index is 5.36. The first-order chi connectivity index (χ1) is 8.22. The van der Waals surface area contributed by atoms with Crippen LogP contribution in [0.15, 0.2) is 0 Å². The lowest BCUT2D eigenvalue weighted by Crippen LogP contribution is -2.35. The Bertz CT molecular complexity index is 182. The molecule has 2 nitrogen and oxygen atoms in total. The van der Waals surface area contributed by atoms with Crippen LogP contribution >= 0.6 is 0 Å². The maximum Gasteiger partial charge on any atom is 0.0477 e. The first-order valence-electron chi connectivity index (χ1n) is 7.53. The first kappa shape index (κ1) is 15.0. The van der Waals surface area contributed by atoms with Crippen LogP contribution in [0.25, 0.3) is 0 Å². The molecule has 0 heterocycles. The molecule has 0 aliphatic heterocycles. The molecule has 0 aromatic rings. The predicted molar refractivity (Wildman–Crippen MR) is 74.3 cm³/mol. The molecule has 1 N–H and O–H groups in total. The SMILES string of the molecule is CCOCCCNC1CCCC(CC(C)C)C1. The van der Waals surface area contributed by atoms with Gasteiger partial charge >= 0.3 is 0 Å². The van der Waals surface area contributed by atoms with E-state index in [1.54, 1.807) is 0 Å². The standard InChI is InChI=1S/C15H31NO/c1-4-17-10-6-9-16-15-8-5-7-14(12-15)11-13(2)3/h13-16H,4-12H2,1-3H3.